The normalized spacial score (nSPS) is 18.5. The lowest BCUT2D eigenvalue weighted by Gasteiger charge is -2.33. The zero-order valence-corrected chi connectivity index (χ0v) is 15.5. The number of anilines is 1. The van der Waals surface area contributed by atoms with Gasteiger partial charge in [-0.15, -0.1) is 0 Å². The van der Waals surface area contributed by atoms with Gasteiger partial charge in [-0.05, 0) is 53.9 Å². The first-order valence-electron chi connectivity index (χ1n) is 9.36. The van der Waals surface area contributed by atoms with E-state index in [0.29, 0.717) is 0 Å². The van der Waals surface area contributed by atoms with Crippen molar-refractivity contribution in [3.63, 3.8) is 0 Å². The highest BCUT2D eigenvalue weighted by molar-refractivity contribution is 5.79. The van der Waals surface area contributed by atoms with Crippen molar-refractivity contribution in [2.75, 3.05) is 12.4 Å². The van der Waals surface area contributed by atoms with E-state index in [1.807, 2.05) is 42.5 Å². The van der Waals surface area contributed by atoms with Crippen LogP contribution >= 0.6 is 0 Å². The number of benzene rings is 3. The molecular formula is C23H20FN3O. The van der Waals surface area contributed by atoms with Crippen LogP contribution in [0, 0.1) is 5.82 Å². The molecular weight excluding hydrogens is 353 g/mol. The number of halogens is 1. The molecule has 4 nitrogen and oxygen atoms in total. The third-order valence-electron chi connectivity index (χ3n) is 5.42. The first kappa shape index (κ1) is 16.8. The molecule has 1 aromatic heterocycles. The van der Waals surface area contributed by atoms with Crippen LogP contribution in [0.2, 0.25) is 0 Å². The summed E-state index contributed by atoms with van der Waals surface area (Å²) in [4.78, 5) is 4.81. The van der Waals surface area contributed by atoms with Crippen LogP contribution in [0.5, 0.6) is 5.75 Å². The highest BCUT2D eigenvalue weighted by Gasteiger charge is 2.31. The fourth-order valence-corrected chi connectivity index (χ4v) is 4.05. The van der Waals surface area contributed by atoms with E-state index in [-0.39, 0.29) is 17.9 Å². The number of rotatable bonds is 3. The average Bonchev–Trinajstić information content (AvgIpc) is 3.12. The molecule has 0 saturated heterocycles. The quantitative estimate of drug-likeness (QED) is 0.527. The summed E-state index contributed by atoms with van der Waals surface area (Å²) < 4.78 is 21.1. The summed E-state index contributed by atoms with van der Waals surface area (Å²) in [6.07, 6.45) is 0.826. The molecule has 2 heterocycles. The van der Waals surface area contributed by atoms with Crippen molar-refractivity contribution >= 4 is 17.0 Å². The Kier molecular flexibility index (Phi) is 4.01. The second-order valence-corrected chi connectivity index (χ2v) is 7.07. The molecule has 1 aliphatic rings. The van der Waals surface area contributed by atoms with Crippen LogP contribution in [-0.4, -0.2) is 16.7 Å². The van der Waals surface area contributed by atoms with E-state index in [1.54, 1.807) is 7.11 Å². The Hall–Kier alpha value is -3.34. The summed E-state index contributed by atoms with van der Waals surface area (Å²) in [6, 6.07) is 23.2. The first-order valence-corrected chi connectivity index (χ1v) is 9.36. The minimum atomic E-state index is -0.226. The van der Waals surface area contributed by atoms with Crippen molar-refractivity contribution < 1.29 is 9.13 Å². The second kappa shape index (κ2) is 6.68. The van der Waals surface area contributed by atoms with Crippen molar-refractivity contribution in [3.05, 3.63) is 89.7 Å². The number of aromatic nitrogens is 2. The molecule has 2 atom stereocenters. The van der Waals surface area contributed by atoms with Crippen molar-refractivity contribution in [2.45, 2.75) is 18.5 Å². The van der Waals surface area contributed by atoms with Crippen LogP contribution < -0.4 is 10.1 Å². The summed E-state index contributed by atoms with van der Waals surface area (Å²) in [5.74, 6) is 1.44. The molecule has 0 bridgehead atoms. The standard InChI is InChI=1S/C23H20FN3O/c1-28-18-6-4-5-16(13-18)22-14-20(15-9-11-17(24)12-10-15)26-23-25-19-7-2-3-8-21(19)27(22)23/h2-13,20,22H,14H2,1H3,(H,25,26)/t20-,22+/m1/s1. The van der Waals surface area contributed by atoms with Crippen LogP contribution in [0.4, 0.5) is 10.3 Å². The van der Waals surface area contributed by atoms with E-state index in [1.165, 1.54) is 12.1 Å². The van der Waals surface area contributed by atoms with Gasteiger partial charge in [-0.2, -0.15) is 0 Å². The molecule has 5 rings (SSSR count). The predicted octanol–water partition coefficient (Wildman–Crippen LogP) is 5.33. The fourth-order valence-electron chi connectivity index (χ4n) is 4.05. The zero-order chi connectivity index (χ0) is 19.1. The smallest absolute Gasteiger partial charge is 0.204 e. The molecule has 140 valence electrons. The van der Waals surface area contributed by atoms with Gasteiger partial charge in [-0.1, -0.05) is 36.4 Å². The molecule has 1 N–H and O–H groups in total. The lowest BCUT2D eigenvalue weighted by Crippen LogP contribution is -2.27. The zero-order valence-electron chi connectivity index (χ0n) is 15.5. The fraction of sp³-hybridized carbons (Fsp3) is 0.174. The number of methoxy groups -OCH3 is 1. The Balaban J connectivity index is 1.66. The van der Waals surface area contributed by atoms with Crippen LogP contribution in [0.1, 0.15) is 29.6 Å². The highest BCUT2D eigenvalue weighted by atomic mass is 19.1. The molecule has 0 amide bonds. The molecule has 0 saturated carbocycles. The molecule has 0 aliphatic carbocycles. The number of hydrogen-bond acceptors (Lipinski definition) is 3. The molecule has 28 heavy (non-hydrogen) atoms. The average molecular weight is 373 g/mol. The van der Waals surface area contributed by atoms with Gasteiger partial charge in [0.15, 0.2) is 0 Å². The van der Waals surface area contributed by atoms with Gasteiger partial charge in [-0.25, -0.2) is 9.37 Å². The van der Waals surface area contributed by atoms with Crippen LogP contribution in [0.25, 0.3) is 11.0 Å². The van der Waals surface area contributed by atoms with Gasteiger partial charge in [0.2, 0.25) is 5.95 Å². The lowest BCUT2D eigenvalue weighted by molar-refractivity contribution is 0.411. The predicted molar refractivity (Wildman–Crippen MR) is 108 cm³/mol. The van der Waals surface area contributed by atoms with Gasteiger partial charge >= 0.3 is 0 Å². The third kappa shape index (κ3) is 2.80. The van der Waals surface area contributed by atoms with E-state index in [4.69, 9.17) is 9.72 Å². The Morgan fingerprint density at radius 2 is 1.82 bits per heavy atom. The van der Waals surface area contributed by atoms with E-state index >= 15 is 0 Å². The number of imidazole rings is 1. The minimum absolute atomic E-state index is 0.0427. The van der Waals surface area contributed by atoms with E-state index in [9.17, 15) is 4.39 Å². The number of para-hydroxylation sites is 2. The van der Waals surface area contributed by atoms with E-state index < -0.39 is 0 Å². The summed E-state index contributed by atoms with van der Waals surface area (Å²) >= 11 is 0. The van der Waals surface area contributed by atoms with Gasteiger partial charge < -0.3 is 14.6 Å². The maximum atomic E-state index is 13.4. The highest BCUT2D eigenvalue weighted by Crippen LogP contribution is 2.41. The molecule has 4 aromatic rings. The Morgan fingerprint density at radius 1 is 1.00 bits per heavy atom. The van der Waals surface area contributed by atoms with Crippen LogP contribution in [0.15, 0.2) is 72.8 Å². The van der Waals surface area contributed by atoms with Crippen LogP contribution in [0.3, 0.4) is 0 Å². The molecule has 0 fully saturated rings. The second-order valence-electron chi connectivity index (χ2n) is 7.07. The van der Waals surface area contributed by atoms with E-state index in [0.717, 1.165) is 40.3 Å². The van der Waals surface area contributed by atoms with Crippen molar-refractivity contribution in [1.29, 1.82) is 0 Å². The van der Waals surface area contributed by atoms with E-state index in [2.05, 4.69) is 28.1 Å². The molecule has 1 aliphatic heterocycles. The van der Waals surface area contributed by atoms with Gasteiger partial charge in [0.05, 0.1) is 30.2 Å². The summed E-state index contributed by atoms with van der Waals surface area (Å²) in [5, 5.41) is 3.55. The Morgan fingerprint density at radius 3 is 2.64 bits per heavy atom. The topological polar surface area (TPSA) is 39.1 Å². The number of fused-ring (bicyclic) bond motifs is 3. The van der Waals surface area contributed by atoms with Crippen molar-refractivity contribution in [2.24, 2.45) is 0 Å². The molecule has 0 spiro atoms. The van der Waals surface area contributed by atoms with Crippen molar-refractivity contribution in [3.8, 4) is 5.75 Å². The molecule has 3 aromatic carbocycles. The van der Waals surface area contributed by atoms with Crippen LogP contribution in [-0.2, 0) is 0 Å². The summed E-state index contributed by atoms with van der Waals surface area (Å²) in [6.45, 7) is 0. The monoisotopic (exact) mass is 373 g/mol. The third-order valence-corrected chi connectivity index (χ3v) is 5.42. The number of ether oxygens (including phenoxy) is 1. The maximum absolute atomic E-state index is 13.4. The number of nitrogens with zero attached hydrogens (tertiary/aromatic N) is 2. The van der Waals surface area contributed by atoms with Crippen molar-refractivity contribution in [1.82, 2.24) is 9.55 Å². The largest absolute Gasteiger partial charge is 0.497 e. The number of nitrogens with one attached hydrogen (secondary N) is 1. The Labute approximate surface area is 162 Å². The van der Waals surface area contributed by atoms with Gasteiger partial charge in [0.1, 0.15) is 11.6 Å². The van der Waals surface area contributed by atoms with Gasteiger partial charge in [0.25, 0.3) is 0 Å². The SMILES string of the molecule is COc1cccc([C@@H]2C[C@H](c3ccc(F)cc3)Nc3nc4ccccc4n32)c1. The summed E-state index contributed by atoms with van der Waals surface area (Å²) in [7, 11) is 1.68. The van der Waals surface area contributed by atoms with Gasteiger partial charge in [-0.3, -0.25) is 0 Å². The minimum Gasteiger partial charge on any atom is -0.497 e. The first-order chi connectivity index (χ1) is 13.7. The molecule has 0 radical (unpaired) electrons. The maximum Gasteiger partial charge on any atom is 0.204 e. The lowest BCUT2D eigenvalue weighted by atomic mass is 9.92. The Bertz CT molecular complexity index is 1140. The van der Waals surface area contributed by atoms with Gasteiger partial charge in [0, 0.05) is 0 Å². The molecule has 0 unspecified atom stereocenters. The summed E-state index contributed by atoms with van der Waals surface area (Å²) in [5.41, 5.74) is 4.26. The number of hydrogen-bond donors (Lipinski definition) is 1. The molecule has 5 heteroatoms.